The van der Waals surface area contributed by atoms with Gasteiger partial charge in [-0.15, -0.1) is 0 Å². The molecule has 0 spiro atoms. The van der Waals surface area contributed by atoms with Crippen LogP contribution in [-0.2, 0) is 0 Å². The van der Waals surface area contributed by atoms with Crippen molar-refractivity contribution >= 4 is 33.5 Å². The van der Waals surface area contributed by atoms with Crippen LogP contribution in [0.25, 0.3) is 33.2 Å². The molecule has 8 nitrogen and oxygen atoms in total. The third-order valence-corrected chi connectivity index (χ3v) is 7.06. The molecule has 1 saturated heterocycles. The molecule has 1 fully saturated rings. The van der Waals surface area contributed by atoms with Crippen LogP contribution >= 0.6 is 0 Å². The largest absolute Gasteiger partial charge is 0.384 e. The van der Waals surface area contributed by atoms with Gasteiger partial charge >= 0.3 is 0 Å². The smallest absolute Gasteiger partial charge is 0.289 e. The van der Waals surface area contributed by atoms with E-state index in [4.69, 9.17) is 4.98 Å². The molecule has 1 amide bonds. The van der Waals surface area contributed by atoms with Crippen LogP contribution in [0.1, 0.15) is 50.1 Å². The highest BCUT2D eigenvalue weighted by Crippen LogP contribution is 2.29. The highest BCUT2D eigenvalue weighted by Gasteiger charge is 2.17. The zero-order valence-electron chi connectivity index (χ0n) is 21.3. The summed E-state index contributed by atoms with van der Waals surface area (Å²) >= 11 is 0. The number of anilines is 1. The van der Waals surface area contributed by atoms with E-state index in [1.54, 1.807) is 11.1 Å². The van der Waals surface area contributed by atoms with Crippen molar-refractivity contribution in [2.75, 3.05) is 44.6 Å². The summed E-state index contributed by atoms with van der Waals surface area (Å²) in [6, 6.07) is 10.1. The molecule has 4 heterocycles. The minimum absolute atomic E-state index is 0.0786. The first-order chi connectivity index (χ1) is 17.7. The molecule has 5 rings (SSSR count). The predicted molar refractivity (Wildman–Crippen MR) is 145 cm³/mol. The van der Waals surface area contributed by atoms with Gasteiger partial charge in [-0.05, 0) is 77.0 Å². The zero-order chi connectivity index (χ0) is 24.9. The molecule has 4 aromatic rings. The molecule has 0 unspecified atom stereocenters. The Morgan fingerprint density at radius 2 is 1.89 bits per heavy atom. The van der Waals surface area contributed by atoms with E-state index in [1.165, 1.54) is 32.4 Å². The van der Waals surface area contributed by atoms with Crippen molar-refractivity contribution < 1.29 is 4.79 Å². The number of H-pyrrole nitrogens is 1. The first kappa shape index (κ1) is 24.2. The first-order valence-electron chi connectivity index (χ1n) is 13.2. The molecule has 36 heavy (non-hydrogen) atoms. The standard InChI is InChI=1S/C28H35N7O/c1-3-35(4-2)28(36)27-32-23-10-9-20(17-26(23)33-27)24-18-25(21-19-29-13-11-22(21)31-24)30-12-8-16-34-14-6-5-7-15-34/h9-11,13,17-19H,3-8,12,14-16H2,1-2H3,(H,30,31)(H,32,33). The summed E-state index contributed by atoms with van der Waals surface area (Å²) in [5.41, 5.74) is 5.38. The number of hydrogen-bond acceptors (Lipinski definition) is 6. The van der Waals surface area contributed by atoms with Gasteiger partial charge in [0.05, 0.1) is 22.2 Å². The fourth-order valence-electron chi connectivity index (χ4n) is 5.00. The monoisotopic (exact) mass is 485 g/mol. The molecule has 3 aromatic heterocycles. The van der Waals surface area contributed by atoms with Gasteiger partial charge in [0, 0.05) is 48.7 Å². The van der Waals surface area contributed by atoms with Crippen molar-refractivity contribution in [1.82, 2.24) is 29.7 Å². The van der Waals surface area contributed by atoms with E-state index in [0.29, 0.717) is 18.9 Å². The molecule has 0 atom stereocenters. The third kappa shape index (κ3) is 5.18. The Bertz CT molecular complexity index is 1340. The van der Waals surface area contributed by atoms with E-state index in [0.717, 1.165) is 58.4 Å². The van der Waals surface area contributed by atoms with E-state index in [1.807, 2.05) is 44.3 Å². The van der Waals surface area contributed by atoms with E-state index >= 15 is 0 Å². The van der Waals surface area contributed by atoms with Crippen LogP contribution in [0, 0.1) is 0 Å². The van der Waals surface area contributed by atoms with Crippen LogP contribution in [0.5, 0.6) is 0 Å². The van der Waals surface area contributed by atoms with Gasteiger partial charge in [0.2, 0.25) is 0 Å². The summed E-state index contributed by atoms with van der Waals surface area (Å²) in [6.07, 6.45) is 8.77. The third-order valence-electron chi connectivity index (χ3n) is 7.06. The molecular weight excluding hydrogens is 450 g/mol. The lowest BCUT2D eigenvalue weighted by Crippen LogP contribution is -2.31. The molecule has 2 N–H and O–H groups in total. The van der Waals surface area contributed by atoms with Gasteiger partial charge in [-0.3, -0.25) is 9.78 Å². The number of carbonyl (C=O) groups is 1. The van der Waals surface area contributed by atoms with Crippen LogP contribution < -0.4 is 5.32 Å². The summed E-state index contributed by atoms with van der Waals surface area (Å²) in [7, 11) is 0. The molecule has 8 heteroatoms. The number of carbonyl (C=O) groups excluding carboxylic acids is 1. The number of nitrogens with zero attached hydrogens (tertiary/aromatic N) is 5. The second kappa shape index (κ2) is 11.0. The number of hydrogen-bond donors (Lipinski definition) is 2. The Kier molecular flexibility index (Phi) is 7.41. The molecule has 0 bridgehead atoms. The SMILES string of the molecule is CCN(CC)C(=O)c1nc2cc(-c3cc(NCCCN4CCCCC4)c4cnccc4n3)ccc2[nH]1. The van der Waals surface area contributed by atoms with Crippen LogP contribution in [0.2, 0.25) is 0 Å². The van der Waals surface area contributed by atoms with Gasteiger partial charge in [-0.2, -0.15) is 0 Å². The summed E-state index contributed by atoms with van der Waals surface area (Å²) in [4.78, 5) is 34.1. The van der Waals surface area contributed by atoms with Crippen molar-refractivity contribution in [1.29, 1.82) is 0 Å². The number of imidazole rings is 1. The average Bonchev–Trinajstić information content (AvgIpc) is 3.36. The lowest BCUT2D eigenvalue weighted by atomic mass is 10.1. The Labute approximate surface area is 212 Å². The van der Waals surface area contributed by atoms with Crippen LogP contribution in [-0.4, -0.2) is 74.9 Å². The summed E-state index contributed by atoms with van der Waals surface area (Å²) in [6.45, 7) is 9.74. The van der Waals surface area contributed by atoms with E-state index in [2.05, 4.69) is 31.2 Å². The average molecular weight is 486 g/mol. The maximum Gasteiger partial charge on any atom is 0.289 e. The van der Waals surface area contributed by atoms with E-state index in [9.17, 15) is 4.79 Å². The Morgan fingerprint density at radius 1 is 1.06 bits per heavy atom. The van der Waals surface area contributed by atoms with Crippen molar-refractivity contribution in [3.05, 3.63) is 48.5 Å². The van der Waals surface area contributed by atoms with Crippen molar-refractivity contribution in [2.24, 2.45) is 0 Å². The van der Waals surface area contributed by atoms with Crippen molar-refractivity contribution in [2.45, 2.75) is 39.5 Å². The number of pyridine rings is 2. The topological polar surface area (TPSA) is 90.0 Å². The molecule has 0 saturated carbocycles. The second-order valence-electron chi connectivity index (χ2n) is 9.43. The molecule has 0 radical (unpaired) electrons. The molecule has 1 aromatic carbocycles. The number of aromatic amines is 1. The molecule has 0 aliphatic carbocycles. The van der Waals surface area contributed by atoms with Crippen LogP contribution in [0.4, 0.5) is 5.69 Å². The number of amides is 1. The maximum absolute atomic E-state index is 12.8. The fraction of sp³-hybridized carbons (Fsp3) is 0.429. The lowest BCUT2D eigenvalue weighted by molar-refractivity contribution is 0.0762. The summed E-state index contributed by atoms with van der Waals surface area (Å²) in [5, 5.41) is 4.66. The number of rotatable bonds is 9. The quantitative estimate of drug-likeness (QED) is 0.326. The first-order valence-corrected chi connectivity index (χ1v) is 13.2. The summed E-state index contributed by atoms with van der Waals surface area (Å²) < 4.78 is 0. The lowest BCUT2D eigenvalue weighted by Gasteiger charge is -2.26. The molecule has 1 aliphatic rings. The number of fused-ring (bicyclic) bond motifs is 2. The normalized spacial score (nSPS) is 14.4. The van der Waals surface area contributed by atoms with E-state index < -0.39 is 0 Å². The van der Waals surface area contributed by atoms with Gasteiger partial charge < -0.3 is 20.1 Å². The van der Waals surface area contributed by atoms with Crippen LogP contribution in [0.15, 0.2) is 42.7 Å². The zero-order valence-corrected chi connectivity index (χ0v) is 21.3. The maximum atomic E-state index is 12.8. The number of nitrogens with one attached hydrogen (secondary N) is 2. The van der Waals surface area contributed by atoms with Crippen molar-refractivity contribution in [3.8, 4) is 11.3 Å². The fourth-order valence-corrected chi connectivity index (χ4v) is 5.00. The minimum Gasteiger partial charge on any atom is -0.384 e. The van der Waals surface area contributed by atoms with Crippen LogP contribution in [0.3, 0.4) is 0 Å². The number of likely N-dealkylation sites (tertiary alicyclic amines) is 1. The Morgan fingerprint density at radius 3 is 2.69 bits per heavy atom. The van der Waals surface area contributed by atoms with Gasteiger partial charge in [-0.25, -0.2) is 9.97 Å². The highest BCUT2D eigenvalue weighted by atomic mass is 16.2. The van der Waals surface area contributed by atoms with Crippen molar-refractivity contribution in [3.63, 3.8) is 0 Å². The predicted octanol–water partition coefficient (Wildman–Crippen LogP) is 4.94. The Balaban J connectivity index is 1.38. The molecular formula is C28H35N7O. The summed E-state index contributed by atoms with van der Waals surface area (Å²) in [5.74, 6) is 0.296. The van der Waals surface area contributed by atoms with Gasteiger partial charge in [0.25, 0.3) is 5.91 Å². The van der Waals surface area contributed by atoms with Gasteiger partial charge in [0.15, 0.2) is 5.82 Å². The highest BCUT2D eigenvalue weighted by molar-refractivity contribution is 5.96. The van der Waals surface area contributed by atoms with E-state index in [-0.39, 0.29) is 5.91 Å². The molecule has 188 valence electrons. The minimum atomic E-state index is -0.0786. The number of piperidine rings is 1. The number of aromatic nitrogens is 4. The van der Waals surface area contributed by atoms with Gasteiger partial charge in [0.1, 0.15) is 0 Å². The molecule has 1 aliphatic heterocycles. The number of benzene rings is 1. The Hall–Kier alpha value is -3.52. The second-order valence-corrected chi connectivity index (χ2v) is 9.43. The van der Waals surface area contributed by atoms with Gasteiger partial charge in [-0.1, -0.05) is 12.5 Å².